The van der Waals surface area contributed by atoms with Gasteiger partial charge in [0.05, 0.1) is 18.3 Å². The van der Waals surface area contributed by atoms with Gasteiger partial charge in [0.1, 0.15) is 5.75 Å². The van der Waals surface area contributed by atoms with Gasteiger partial charge in [0.2, 0.25) is 0 Å². The van der Waals surface area contributed by atoms with Crippen LogP contribution in [0.15, 0.2) is 48.9 Å². The molecule has 116 valence electrons. The van der Waals surface area contributed by atoms with Crippen LogP contribution >= 0.6 is 0 Å². The largest absolute Gasteiger partial charge is 0.493 e. The molecule has 1 aliphatic heterocycles. The summed E-state index contributed by atoms with van der Waals surface area (Å²) in [6.45, 7) is 5.23. The summed E-state index contributed by atoms with van der Waals surface area (Å²) >= 11 is 0. The molecule has 4 nitrogen and oxygen atoms in total. The van der Waals surface area contributed by atoms with Crippen LogP contribution in [0.1, 0.15) is 31.5 Å². The van der Waals surface area contributed by atoms with Gasteiger partial charge in [-0.25, -0.2) is 0 Å². The minimum absolute atomic E-state index is 0.338. The van der Waals surface area contributed by atoms with Crippen molar-refractivity contribution in [3.8, 4) is 5.75 Å². The van der Waals surface area contributed by atoms with Gasteiger partial charge in [0.15, 0.2) is 0 Å². The van der Waals surface area contributed by atoms with Crippen LogP contribution < -0.4 is 4.74 Å². The molecule has 3 rings (SSSR count). The van der Waals surface area contributed by atoms with E-state index in [2.05, 4.69) is 21.8 Å². The van der Waals surface area contributed by atoms with Crippen LogP contribution in [0, 0.1) is 5.92 Å². The molecule has 1 aromatic heterocycles. The van der Waals surface area contributed by atoms with Gasteiger partial charge in [0, 0.05) is 18.6 Å². The highest BCUT2D eigenvalue weighted by Gasteiger charge is 2.24. The summed E-state index contributed by atoms with van der Waals surface area (Å²) in [6.07, 6.45) is 7.72. The van der Waals surface area contributed by atoms with Crippen molar-refractivity contribution in [2.24, 2.45) is 5.92 Å². The number of aromatic nitrogens is 2. The van der Waals surface area contributed by atoms with E-state index in [0.717, 1.165) is 31.1 Å². The normalized spacial score (nSPS) is 18.0. The summed E-state index contributed by atoms with van der Waals surface area (Å²) in [5, 5.41) is 0. The summed E-state index contributed by atoms with van der Waals surface area (Å²) in [7, 11) is 0. The fraction of sp³-hybridized carbons (Fsp3) is 0.444. The Morgan fingerprint density at radius 1 is 1.18 bits per heavy atom. The fourth-order valence-electron chi connectivity index (χ4n) is 2.95. The number of para-hydroxylation sites is 1. The third-order valence-corrected chi connectivity index (χ3v) is 4.44. The first-order chi connectivity index (χ1) is 10.8. The van der Waals surface area contributed by atoms with Gasteiger partial charge in [-0.15, -0.1) is 0 Å². The number of hydrogen-bond acceptors (Lipinski definition) is 4. The standard InChI is InChI=1S/C18H23N3O/c1-15(18-13-19-9-10-20-18)21-11-7-16(8-12-21)14-22-17-5-3-2-4-6-17/h2-6,9-10,13,15-16H,7-8,11-12,14H2,1H3/t15-/m0/s1. The first-order valence-electron chi connectivity index (χ1n) is 8.01. The third-order valence-electron chi connectivity index (χ3n) is 4.44. The number of piperidine rings is 1. The van der Waals surface area contributed by atoms with Crippen LogP contribution in [0.2, 0.25) is 0 Å². The summed E-state index contributed by atoms with van der Waals surface area (Å²) < 4.78 is 5.88. The molecule has 0 spiro atoms. The molecular weight excluding hydrogens is 274 g/mol. The van der Waals surface area contributed by atoms with Crippen molar-refractivity contribution in [2.45, 2.75) is 25.8 Å². The quantitative estimate of drug-likeness (QED) is 0.848. The van der Waals surface area contributed by atoms with Crippen LogP contribution in [0.4, 0.5) is 0 Å². The molecule has 1 saturated heterocycles. The highest BCUT2D eigenvalue weighted by Crippen LogP contribution is 2.25. The lowest BCUT2D eigenvalue weighted by molar-refractivity contribution is 0.111. The van der Waals surface area contributed by atoms with Crippen LogP contribution in [-0.4, -0.2) is 34.6 Å². The molecule has 0 saturated carbocycles. The first kappa shape index (κ1) is 15.0. The molecular formula is C18H23N3O. The van der Waals surface area contributed by atoms with Crippen molar-refractivity contribution in [1.82, 2.24) is 14.9 Å². The molecule has 0 aliphatic carbocycles. The number of benzene rings is 1. The van der Waals surface area contributed by atoms with E-state index in [0.29, 0.717) is 12.0 Å². The zero-order chi connectivity index (χ0) is 15.2. The van der Waals surface area contributed by atoms with Crippen molar-refractivity contribution in [3.05, 3.63) is 54.6 Å². The van der Waals surface area contributed by atoms with Crippen molar-refractivity contribution < 1.29 is 4.74 Å². The molecule has 2 heterocycles. The van der Waals surface area contributed by atoms with Gasteiger partial charge in [-0.3, -0.25) is 14.9 Å². The molecule has 4 heteroatoms. The van der Waals surface area contributed by atoms with Crippen molar-refractivity contribution in [3.63, 3.8) is 0 Å². The lowest BCUT2D eigenvalue weighted by Crippen LogP contribution is -2.37. The predicted molar refractivity (Wildman–Crippen MR) is 86.7 cm³/mol. The summed E-state index contributed by atoms with van der Waals surface area (Å²) in [6, 6.07) is 10.4. The van der Waals surface area contributed by atoms with Gasteiger partial charge >= 0.3 is 0 Å². The van der Waals surface area contributed by atoms with Crippen LogP contribution in [0.3, 0.4) is 0 Å². The molecule has 1 atom stereocenters. The highest BCUT2D eigenvalue weighted by atomic mass is 16.5. The Balaban J connectivity index is 1.46. The zero-order valence-electron chi connectivity index (χ0n) is 13.1. The average molecular weight is 297 g/mol. The maximum absolute atomic E-state index is 5.88. The van der Waals surface area contributed by atoms with E-state index >= 15 is 0 Å². The molecule has 0 unspecified atom stereocenters. The summed E-state index contributed by atoms with van der Waals surface area (Å²) in [5.74, 6) is 1.61. The van der Waals surface area contributed by atoms with Gasteiger partial charge in [-0.1, -0.05) is 18.2 Å². The van der Waals surface area contributed by atoms with E-state index in [1.54, 1.807) is 12.4 Å². The first-order valence-corrected chi connectivity index (χ1v) is 8.01. The zero-order valence-corrected chi connectivity index (χ0v) is 13.1. The lowest BCUT2D eigenvalue weighted by atomic mass is 9.96. The second-order valence-electron chi connectivity index (χ2n) is 5.91. The maximum atomic E-state index is 5.88. The van der Waals surface area contributed by atoms with E-state index in [-0.39, 0.29) is 0 Å². The third kappa shape index (κ3) is 3.83. The van der Waals surface area contributed by atoms with Crippen LogP contribution in [0.5, 0.6) is 5.75 Å². The molecule has 2 aromatic rings. The Kier molecular flexibility index (Phi) is 5.01. The number of likely N-dealkylation sites (tertiary alicyclic amines) is 1. The van der Waals surface area contributed by atoms with E-state index in [9.17, 15) is 0 Å². The highest BCUT2D eigenvalue weighted by molar-refractivity contribution is 5.20. The van der Waals surface area contributed by atoms with E-state index in [1.165, 1.54) is 12.8 Å². The molecule has 0 radical (unpaired) electrons. The molecule has 22 heavy (non-hydrogen) atoms. The van der Waals surface area contributed by atoms with Crippen LogP contribution in [-0.2, 0) is 0 Å². The van der Waals surface area contributed by atoms with E-state index < -0.39 is 0 Å². The van der Waals surface area contributed by atoms with Crippen molar-refractivity contribution in [1.29, 1.82) is 0 Å². The minimum atomic E-state index is 0.338. The van der Waals surface area contributed by atoms with Gasteiger partial charge in [-0.2, -0.15) is 0 Å². The van der Waals surface area contributed by atoms with Crippen molar-refractivity contribution >= 4 is 0 Å². The minimum Gasteiger partial charge on any atom is -0.493 e. The Morgan fingerprint density at radius 3 is 2.64 bits per heavy atom. The number of nitrogens with zero attached hydrogens (tertiary/aromatic N) is 3. The molecule has 0 N–H and O–H groups in total. The smallest absolute Gasteiger partial charge is 0.119 e. The Labute approximate surface area is 132 Å². The second kappa shape index (κ2) is 7.36. The molecule has 0 amide bonds. The fourth-order valence-corrected chi connectivity index (χ4v) is 2.95. The SMILES string of the molecule is C[C@@H](c1cnccn1)N1CCC(COc2ccccc2)CC1. The van der Waals surface area contributed by atoms with Crippen LogP contribution in [0.25, 0.3) is 0 Å². The molecule has 0 bridgehead atoms. The summed E-state index contributed by atoms with van der Waals surface area (Å²) in [4.78, 5) is 11.1. The Morgan fingerprint density at radius 2 is 1.95 bits per heavy atom. The average Bonchev–Trinajstić information content (AvgIpc) is 2.61. The number of rotatable bonds is 5. The number of hydrogen-bond donors (Lipinski definition) is 0. The van der Waals surface area contributed by atoms with Gasteiger partial charge in [-0.05, 0) is 50.9 Å². The van der Waals surface area contributed by atoms with Gasteiger partial charge in [0.25, 0.3) is 0 Å². The van der Waals surface area contributed by atoms with Crippen molar-refractivity contribution in [2.75, 3.05) is 19.7 Å². The van der Waals surface area contributed by atoms with Gasteiger partial charge < -0.3 is 4.74 Å². The topological polar surface area (TPSA) is 38.2 Å². The summed E-state index contributed by atoms with van der Waals surface area (Å²) in [5.41, 5.74) is 1.06. The number of ether oxygens (including phenoxy) is 1. The second-order valence-corrected chi connectivity index (χ2v) is 5.91. The maximum Gasteiger partial charge on any atom is 0.119 e. The Bertz CT molecular complexity index is 553. The molecule has 1 aromatic carbocycles. The Hall–Kier alpha value is -1.94. The van der Waals surface area contributed by atoms with E-state index in [1.807, 2.05) is 36.5 Å². The molecule has 1 aliphatic rings. The predicted octanol–water partition coefficient (Wildman–Crippen LogP) is 3.33. The molecule has 1 fully saturated rings. The lowest BCUT2D eigenvalue weighted by Gasteiger charge is -2.35. The van der Waals surface area contributed by atoms with E-state index in [4.69, 9.17) is 4.74 Å². The monoisotopic (exact) mass is 297 g/mol.